The number of nitriles is 1. The molecule has 0 aromatic heterocycles. The Morgan fingerprint density at radius 3 is 2.40 bits per heavy atom. The van der Waals surface area contributed by atoms with Gasteiger partial charge in [0.05, 0.1) is 12.5 Å². The minimum atomic E-state index is -0.772. The Labute approximate surface area is 118 Å². The number of nitrogens with zero attached hydrogens (tertiary/aromatic N) is 1. The van der Waals surface area contributed by atoms with Gasteiger partial charge in [-0.3, -0.25) is 9.59 Å². The first kappa shape index (κ1) is 14.3. The Hall–Kier alpha value is -2.15. The van der Waals surface area contributed by atoms with Crippen molar-refractivity contribution < 1.29 is 9.59 Å². The second kappa shape index (κ2) is 6.33. The summed E-state index contributed by atoms with van der Waals surface area (Å²) in [4.78, 5) is 23.9. The van der Waals surface area contributed by atoms with Crippen molar-refractivity contribution in [2.45, 2.75) is 44.1 Å². The molecule has 20 heavy (non-hydrogen) atoms. The zero-order chi connectivity index (χ0) is 14.4. The van der Waals surface area contributed by atoms with E-state index >= 15 is 0 Å². The molecule has 0 radical (unpaired) electrons. The summed E-state index contributed by atoms with van der Waals surface area (Å²) in [5.41, 5.74) is -0.246. The zero-order valence-electron chi connectivity index (χ0n) is 11.4. The number of ketones is 1. The van der Waals surface area contributed by atoms with Crippen molar-refractivity contribution in [2.75, 3.05) is 0 Å². The maximum absolute atomic E-state index is 12.0. The van der Waals surface area contributed by atoms with Crippen molar-refractivity contribution in [2.24, 2.45) is 0 Å². The Balaban J connectivity index is 1.95. The highest BCUT2D eigenvalue weighted by Gasteiger charge is 2.33. The number of carbonyl (C=O) groups excluding carboxylic acids is 2. The molecule has 0 saturated heterocycles. The van der Waals surface area contributed by atoms with Crippen molar-refractivity contribution in [3.63, 3.8) is 0 Å². The molecule has 4 nitrogen and oxygen atoms in total. The van der Waals surface area contributed by atoms with E-state index in [1.807, 2.05) is 6.07 Å². The van der Waals surface area contributed by atoms with Crippen LogP contribution in [-0.2, 0) is 4.79 Å². The zero-order valence-corrected chi connectivity index (χ0v) is 11.4. The number of nitrogens with one attached hydrogen (secondary N) is 1. The molecule has 1 aromatic rings. The maximum Gasteiger partial charge on any atom is 0.229 e. The molecule has 4 heteroatoms. The highest BCUT2D eigenvalue weighted by molar-refractivity contribution is 6.07. The topological polar surface area (TPSA) is 70.0 Å². The molecule has 0 aliphatic heterocycles. The molecule has 1 N–H and O–H groups in total. The number of amides is 1. The van der Waals surface area contributed by atoms with Crippen LogP contribution in [0.5, 0.6) is 0 Å². The molecule has 1 saturated carbocycles. The third-order valence-corrected chi connectivity index (χ3v) is 3.72. The van der Waals surface area contributed by atoms with E-state index in [2.05, 4.69) is 11.4 Å². The van der Waals surface area contributed by atoms with E-state index in [0.29, 0.717) is 18.4 Å². The van der Waals surface area contributed by atoms with Gasteiger partial charge in [-0.2, -0.15) is 5.26 Å². The summed E-state index contributed by atoms with van der Waals surface area (Å²) >= 11 is 0. The van der Waals surface area contributed by atoms with Crippen LogP contribution in [-0.4, -0.2) is 17.2 Å². The van der Waals surface area contributed by atoms with Crippen molar-refractivity contribution in [3.8, 4) is 6.07 Å². The van der Waals surface area contributed by atoms with Gasteiger partial charge >= 0.3 is 0 Å². The lowest BCUT2D eigenvalue weighted by atomic mass is 9.82. The molecule has 0 heterocycles. The first-order valence-corrected chi connectivity index (χ1v) is 6.96. The molecular weight excluding hydrogens is 252 g/mol. The third-order valence-electron chi connectivity index (χ3n) is 3.72. The summed E-state index contributed by atoms with van der Waals surface area (Å²) < 4.78 is 0. The van der Waals surface area contributed by atoms with Gasteiger partial charge in [-0.1, -0.05) is 49.6 Å². The quantitative estimate of drug-likeness (QED) is 0.675. The number of benzene rings is 1. The molecule has 1 fully saturated rings. The number of Topliss-reactive ketones (excluding diaryl/α,β-unsaturated/α-hetero) is 1. The van der Waals surface area contributed by atoms with Gasteiger partial charge in [-0.05, 0) is 12.8 Å². The Kier molecular flexibility index (Phi) is 4.52. The highest BCUT2D eigenvalue weighted by atomic mass is 16.2. The number of hydrogen-bond donors (Lipinski definition) is 1. The minimum Gasteiger partial charge on any atom is -0.337 e. The molecule has 0 bridgehead atoms. The monoisotopic (exact) mass is 270 g/mol. The largest absolute Gasteiger partial charge is 0.337 e. The van der Waals surface area contributed by atoms with Crippen molar-refractivity contribution in [3.05, 3.63) is 35.9 Å². The van der Waals surface area contributed by atoms with Gasteiger partial charge in [0.1, 0.15) is 5.54 Å². The fourth-order valence-electron chi connectivity index (χ4n) is 2.60. The smallest absolute Gasteiger partial charge is 0.229 e. The standard InChI is InChI=1S/C16H18N2O2/c17-12-16(9-5-2-6-10-16)18-15(20)11-14(19)13-7-3-1-4-8-13/h1,3-4,7-8H,2,5-6,9-11H2,(H,18,20). The van der Waals surface area contributed by atoms with E-state index in [1.165, 1.54) is 0 Å². The van der Waals surface area contributed by atoms with Gasteiger partial charge in [0.2, 0.25) is 5.91 Å². The second-order valence-corrected chi connectivity index (χ2v) is 5.27. The summed E-state index contributed by atoms with van der Waals surface area (Å²) in [6.07, 6.45) is 4.14. The molecule has 1 amide bonds. The fourth-order valence-corrected chi connectivity index (χ4v) is 2.60. The van der Waals surface area contributed by atoms with Crippen LogP contribution in [0.3, 0.4) is 0 Å². The molecule has 1 aromatic carbocycles. The Bertz CT molecular complexity index is 525. The Morgan fingerprint density at radius 2 is 1.80 bits per heavy atom. The van der Waals surface area contributed by atoms with Gasteiger partial charge in [-0.25, -0.2) is 0 Å². The number of carbonyl (C=O) groups is 2. The molecule has 0 atom stereocenters. The summed E-state index contributed by atoms with van der Waals surface area (Å²) in [6.45, 7) is 0. The number of rotatable bonds is 4. The van der Waals surface area contributed by atoms with Gasteiger partial charge < -0.3 is 5.32 Å². The van der Waals surface area contributed by atoms with Gasteiger partial charge in [0.25, 0.3) is 0 Å². The Morgan fingerprint density at radius 1 is 1.15 bits per heavy atom. The van der Waals surface area contributed by atoms with E-state index in [4.69, 9.17) is 0 Å². The van der Waals surface area contributed by atoms with Crippen LogP contribution >= 0.6 is 0 Å². The average molecular weight is 270 g/mol. The predicted molar refractivity (Wildman–Crippen MR) is 75.0 cm³/mol. The van der Waals surface area contributed by atoms with Gasteiger partial charge in [0.15, 0.2) is 5.78 Å². The van der Waals surface area contributed by atoms with Crippen LogP contribution in [0.1, 0.15) is 48.9 Å². The van der Waals surface area contributed by atoms with E-state index in [1.54, 1.807) is 24.3 Å². The fraction of sp³-hybridized carbons (Fsp3) is 0.438. The van der Waals surface area contributed by atoms with Gasteiger partial charge in [-0.15, -0.1) is 0 Å². The predicted octanol–water partition coefficient (Wildman–Crippen LogP) is 2.60. The van der Waals surface area contributed by atoms with Crippen molar-refractivity contribution >= 4 is 11.7 Å². The highest BCUT2D eigenvalue weighted by Crippen LogP contribution is 2.27. The van der Waals surface area contributed by atoms with E-state index in [0.717, 1.165) is 19.3 Å². The van der Waals surface area contributed by atoms with Crippen LogP contribution in [0, 0.1) is 11.3 Å². The SMILES string of the molecule is N#CC1(NC(=O)CC(=O)c2ccccc2)CCCCC1. The van der Waals surface area contributed by atoms with Gasteiger partial charge in [0, 0.05) is 5.56 Å². The molecular formula is C16H18N2O2. The van der Waals surface area contributed by atoms with E-state index in [9.17, 15) is 14.9 Å². The van der Waals surface area contributed by atoms with Crippen LogP contribution in [0.4, 0.5) is 0 Å². The summed E-state index contributed by atoms with van der Waals surface area (Å²) in [5, 5.41) is 12.1. The molecule has 0 spiro atoms. The van der Waals surface area contributed by atoms with Crippen molar-refractivity contribution in [1.29, 1.82) is 5.26 Å². The second-order valence-electron chi connectivity index (χ2n) is 5.27. The van der Waals surface area contributed by atoms with Crippen LogP contribution < -0.4 is 5.32 Å². The lowest BCUT2D eigenvalue weighted by Gasteiger charge is -2.31. The molecule has 1 aliphatic rings. The summed E-state index contributed by atoms with van der Waals surface area (Å²) in [6, 6.07) is 11.0. The first-order chi connectivity index (χ1) is 9.65. The molecule has 0 unspecified atom stereocenters. The molecule has 104 valence electrons. The lowest BCUT2D eigenvalue weighted by molar-refractivity contribution is -0.121. The average Bonchev–Trinajstić information content (AvgIpc) is 2.49. The van der Waals surface area contributed by atoms with E-state index in [-0.39, 0.29) is 18.1 Å². The van der Waals surface area contributed by atoms with Crippen LogP contribution in [0.15, 0.2) is 30.3 Å². The van der Waals surface area contributed by atoms with E-state index < -0.39 is 5.54 Å². The maximum atomic E-state index is 12.0. The molecule has 1 aliphatic carbocycles. The third kappa shape index (κ3) is 3.45. The van der Waals surface area contributed by atoms with Crippen molar-refractivity contribution in [1.82, 2.24) is 5.32 Å². The van der Waals surface area contributed by atoms with Crippen LogP contribution in [0.25, 0.3) is 0 Å². The normalized spacial score (nSPS) is 16.9. The molecule has 2 rings (SSSR count). The summed E-state index contributed by atoms with van der Waals surface area (Å²) in [7, 11) is 0. The van der Waals surface area contributed by atoms with Crippen LogP contribution in [0.2, 0.25) is 0 Å². The summed E-state index contributed by atoms with van der Waals surface area (Å²) in [5.74, 6) is -0.575. The lowest BCUT2D eigenvalue weighted by Crippen LogP contribution is -2.49. The number of hydrogen-bond acceptors (Lipinski definition) is 3. The first-order valence-electron chi connectivity index (χ1n) is 6.96. The minimum absolute atomic E-state index is 0.201.